The smallest absolute Gasteiger partial charge is 0.317 e. The van der Waals surface area contributed by atoms with Gasteiger partial charge in [-0.05, 0) is 45.6 Å². The molecule has 126 valence electrons. The molecule has 3 heterocycles. The number of likely N-dealkylation sites (N-methyl/N-ethyl adjacent to an activating group) is 1. The molecule has 2 fully saturated rings. The first-order valence-electron chi connectivity index (χ1n) is 8.91. The van der Waals surface area contributed by atoms with E-state index in [0.29, 0.717) is 12.1 Å². The summed E-state index contributed by atoms with van der Waals surface area (Å²) in [7, 11) is 4.21. The van der Waals surface area contributed by atoms with E-state index in [9.17, 15) is 4.79 Å². The minimum absolute atomic E-state index is 0.104. The molecule has 3 aliphatic rings. The van der Waals surface area contributed by atoms with Gasteiger partial charge in [-0.3, -0.25) is 9.58 Å². The van der Waals surface area contributed by atoms with E-state index in [4.69, 9.17) is 0 Å². The van der Waals surface area contributed by atoms with E-state index >= 15 is 0 Å². The fourth-order valence-corrected chi connectivity index (χ4v) is 4.59. The average molecular weight is 317 g/mol. The van der Waals surface area contributed by atoms with Crippen molar-refractivity contribution in [2.45, 2.75) is 56.7 Å². The standard InChI is InChI=1S/C17H27N5O/c1-20-12-6-7-13(20)11-22(9-8-12)17(23)19-15-4-3-5-16-14(15)10-18-21(16)2/h10,12-13,15H,3-9,11H2,1-2H3,(H,19,23). The van der Waals surface area contributed by atoms with E-state index in [1.807, 2.05) is 22.8 Å². The number of likely N-dealkylation sites (tertiary alicyclic amines) is 1. The van der Waals surface area contributed by atoms with E-state index in [1.54, 1.807) is 0 Å². The van der Waals surface area contributed by atoms with Gasteiger partial charge in [0.1, 0.15) is 0 Å². The third-order valence-electron chi connectivity index (χ3n) is 6.11. The largest absolute Gasteiger partial charge is 0.331 e. The third kappa shape index (κ3) is 2.63. The zero-order valence-corrected chi connectivity index (χ0v) is 14.2. The van der Waals surface area contributed by atoms with Crippen molar-refractivity contribution in [3.8, 4) is 0 Å². The molecule has 4 rings (SSSR count). The molecule has 6 nitrogen and oxygen atoms in total. The number of hydrogen-bond acceptors (Lipinski definition) is 3. The van der Waals surface area contributed by atoms with Crippen LogP contribution in [0.2, 0.25) is 0 Å². The van der Waals surface area contributed by atoms with Gasteiger partial charge in [0.25, 0.3) is 0 Å². The summed E-state index contributed by atoms with van der Waals surface area (Å²) in [4.78, 5) is 17.3. The van der Waals surface area contributed by atoms with Crippen LogP contribution in [0.3, 0.4) is 0 Å². The predicted octanol–water partition coefficient (Wildman–Crippen LogP) is 1.68. The summed E-state index contributed by atoms with van der Waals surface area (Å²) in [5.41, 5.74) is 2.48. The van der Waals surface area contributed by atoms with Crippen LogP contribution in [0.25, 0.3) is 0 Å². The fourth-order valence-electron chi connectivity index (χ4n) is 4.59. The topological polar surface area (TPSA) is 53.4 Å². The van der Waals surface area contributed by atoms with Crippen LogP contribution in [0, 0.1) is 0 Å². The molecule has 0 saturated carbocycles. The van der Waals surface area contributed by atoms with Crippen LogP contribution in [0.1, 0.15) is 49.4 Å². The lowest BCUT2D eigenvalue weighted by Gasteiger charge is -2.30. The normalized spacial score (nSPS) is 30.9. The highest BCUT2D eigenvalue weighted by Gasteiger charge is 2.36. The molecule has 0 spiro atoms. The number of nitrogens with zero attached hydrogens (tertiary/aromatic N) is 4. The molecule has 3 atom stereocenters. The highest BCUT2D eigenvalue weighted by molar-refractivity contribution is 5.75. The zero-order valence-electron chi connectivity index (χ0n) is 14.2. The Kier molecular flexibility index (Phi) is 3.79. The minimum atomic E-state index is 0.104. The maximum atomic E-state index is 12.8. The summed E-state index contributed by atoms with van der Waals surface area (Å²) in [5, 5.41) is 7.64. The van der Waals surface area contributed by atoms with Crippen molar-refractivity contribution in [1.82, 2.24) is 24.9 Å². The number of carbonyl (C=O) groups excluding carboxylic acids is 1. The van der Waals surface area contributed by atoms with E-state index in [0.717, 1.165) is 38.8 Å². The first kappa shape index (κ1) is 15.0. The Labute approximate surface area is 137 Å². The van der Waals surface area contributed by atoms with Crippen molar-refractivity contribution in [3.05, 3.63) is 17.5 Å². The summed E-state index contributed by atoms with van der Waals surface area (Å²) >= 11 is 0. The monoisotopic (exact) mass is 317 g/mol. The Hall–Kier alpha value is -1.56. The van der Waals surface area contributed by atoms with Crippen molar-refractivity contribution in [3.63, 3.8) is 0 Å². The van der Waals surface area contributed by atoms with Gasteiger partial charge in [-0.1, -0.05) is 0 Å². The number of urea groups is 1. The number of hydrogen-bond donors (Lipinski definition) is 1. The minimum Gasteiger partial charge on any atom is -0.331 e. The Balaban J connectivity index is 1.44. The lowest BCUT2D eigenvalue weighted by Crippen LogP contribution is -2.46. The molecule has 1 aromatic rings. The first-order chi connectivity index (χ1) is 11.1. The van der Waals surface area contributed by atoms with Crippen LogP contribution < -0.4 is 5.32 Å². The van der Waals surface area contributed by atoms with E-state index < -0.39 is 0 Å². The molecule has 2 aliphatic heterocycles. The van der Waals surface area contributed by atoms with Crippen molar-refractivity contribution < 1.29 is 4.79 Å². The Morgan fingerprint density at radius 2 is 2.04 bits per heavy atom. The van der Waals surface area contributed by atoms with E-state index in [1.165, 1.54) is 24.1 Å². The second-order valence-corrected chi connectivity index (χ2v) is 7.35. The van der Waals surface area contributed by atoms with Gasteiger partial charge < -0.3 is 10.2 Å². The van der Waals surface area contributed by atoms with Crippen molar-refractivity contribution in [1.29, 1.82) is 0 Å². The highest BCUT2D eigenvalue weighted by atomic mass is 16.2. The number of rotatable bonds is 1. The van der Waals surface area contributed by atoms with Gasteiger partial charge in [-0.15, -0.1) is 0 Å². The lowest BCUT2D eigenvalue weighted by atomic mass is 9.93. The maximum Gasteiger partial charge on any atom is 0.317 e. The highest BCUT2D eigenvalue weighted by Crippen LogP contribution is 2.31. The lowest BCUT2D eigenvalue weighted by molar-refractivity contribution is 0.183. The van der Waals surface area contributed by atoms with Gasteiger partial charge in [-0.2, -0.15) is 5.10 Å². The van der Waals surface area contributed by atoms with Gasteiger partial charge >= 0.3 is 6.03 Å². The van der Waals surface area contributed by atoms with Crippen molar-refractivity contribution >= 4 is 6.03 Å². The molecule has 2 amide bonds. The molecule has 6 heteroatoms. The van der Waals surface area contributed by atoms with Gasteiger partial charge in [0.15, 0.2) is 0 Å². The Bertz CT molecular complexity index is 598. The quantitative estimate of drug-likeness (QED) is 0.857. The second kappa shape index (κ2) is 5.82. The molecule has 2 bridgehead atoms. The SMILES string of the molecule is CN1C2CCC1CN(C(=O)NC1CCCc3c1cnn3C)CC2. The molecular formula is C17H27N5O. The van der Waals surface area contributed by atoms with Gasteiger partial charge in [0.05, 0.1) is 12.2 Å². The van der Waals surface area contributed by atoms with Crippen LogP contribution in [-0.2, 0) is 13.5 Å². The molecule has 3 unspecified atom stereocenters. The Morgan fingerprint density at radius 3 is 2.91 bits per heavy atom. The average Bonchev–Trinajstić information content (AvgIpc) is 3.01. The zero-order chi connectivity index (χ0) is 16.0. The number of nitrogens with one attached hydrogen (secondary N) is 1. The molecule has 1 aromatic heterocycles. The number of fused-ring (bicyclic) bond motifs is 3. The maximum absolute atomic E-state index is 12.8. The molecule has 0 aromatic carbocycles. The van der Waals surface area contributed by atoms with Gasteiger partial charge in [0, 0.05) is 43.5 Å². The number of aryl methyl sites for hydroxylation is 1. The van der Waals surface area contributed by atoms with Crippen LogP contribution in [0.5, 0.6) is 0 Å². The molecule has 2 saturated heterocycles. The molecule has 23 heavy (non-hydrogen) atoms. The third-order valence-corrected chi connectivity index (χ3v) is 6.11. The molecule has 1 N–H and O–H groups in total. The van der Waals surface area contributed by atoms with Crippen LogP contribution in [0.4, 0.5) is 4.79 Å². The number of carbonyl (C=O) groups is 1. The van der Waals surface area contributed by atoms with Crippen LogP contribution in [-0.4, -0.2) is 57.8 Å². The summed E-state index contributed by atoms with van der Waals surface area (Å²) < 4.78 is 1.95. The summed E-state index contributed by atoms with van der Waals surface area (Å²) in [6.07, 6.45) is 8.74. The Morgan fingerprint density at radius 1 is 1.22 bits per heavy atom. The molecule has 1 aliphatic carbocycles. The van der Waals surface area contributed by atoms with E-state index in [2.05, 4.69) is 22.4 Å². The van der Waals surface area contributed by atoms with Crippen LogP contribution in [0.15, 0.2) is 6.20 Å². The first-order valence-corrected chi connectivity index (χ1v) is 8.91. The second-order valence-electron chi connectivity index (χ2n) is 7.35. The van der Waals surface area contributed by atoms with Gasteiger partial charge in [0.2, 0.25) is 0 Å². The molecular weight excluding hydrogens is 290 g/mol. The number of aromatic nitrogens is 2. The predicted molar refractivity (Wildman–Crippen MR) is 88.2 cm³/mol. The van der Waals surface area contributed by atoms with Crippen molar-refractivity contribution in [2.75, 3.05) is 20.1 Å². The molecule has 0 radical (unpaired) electrons. The van der Waals surface area contributed by atoms with Gasteiger partial charge in [-0.25, -0.2) is 4.79 Å². The van der Waals surface area contributed by atoms with Crippen LogP contribution >= 0.6 is 0 Å². The summed E-state index contributed by atoms with van der Waals surface area (Å²) in [6, 6.07) is 1.43. The van der Waals surface area contributed by atoms with E-state index in [-0.39, 0.29) is 12.1 Å². The fraction of sp³-hybridized carbons (Fsp3) is 0.765. The van der Waals surface area contributed by atoms with Crippen molar-refractivity contribution in [2.24, 2.45) is 7.05 Å². The number of amides is 2. The summed E-state index contributed by atoms with van der Waals surface area (Å²) in [5.74, 6) is 0. The summed E-state index contributed by atoms with van der Waals surface area (Å²) in [6.45, 7) is 1.75.